The number of carbonyl (C=O) groups excluding carboxylic acids is 1. The van der Waals surface area contributed by atoms with Gasteiger partial charge in [0.25, 0.3) is 0 Å². The highest BCUT2D eigenvalue weighted by atomic mass is 16.5. The van der Waals surface area contributed by atoms with Crippen LogP contribution in [0.15, 0.2) is 0 Å². The first-order valence-electron chi connectivity index (χ1n) is 6.30. The maximum atomic E-state index is 11.5. The first kappa shape index (κ1) is 16.7. The van der Waals surface area contributed by atoms with E-state index in [4.69, 9.17) is 9.84 Å². The fraction of sp³-hybridized carbons (Fsp3) is 0.846. The van der Waals surface area contributed by atoms with Crippen LogP contribution in [-0.4, -0.2) is 29.8 Å². The molecule has 0 rings (SSSR count). The summed E-state index contributed by atoms with van der Waals surface area (Å²) in [6, 6.07) is -0.949. The second-order valence-corrected chi connectivity index (χ2v) is 5.95. The molecule has 0 aliphatic rings. The molecule has 0 spiro atoms. The Bertz CT molecular complexity index is 281. The number of amides is 1. The molecule has 5 heteroatoms. The van der Waals surface area contributed by atoms with Crippen LogP contribution in [0.1, 0.15) is 47.5 Å². The van der Waals surface area contributed by atoms with Crippen molar-refractivity contribution in [3.8, 4) is 0 Å². The van der Waals surface area contributed by atoms with Crippen LogP contribution < -0.4 is 5.32 Å². The Labute approximate surface area is 109 Å². The predicted molar refractivity (Wildman–Crippen MR) is 69.4 cm³/mol. The van der Waals surface area contributed by atoms with Gasteiger partial charge in [-0.05, 0) is 24.2 Å². The van der Waals surface area contributed by atoms with E-state index in [2.05, 4.69) is 19.2 Å². The lowest BCUT2D eigenvalue weighted by Crippen LogP contribution is -2.49. The largest absolute Gasteiger partial charge is 0.480 e. The summed E-state index contributed by atoms with van der Waals surface area (Å²) >= 11 is 0. The van der Waals surface area contributed by atoms with Crippen LogP contribution in [0, 0.1) is 11.3 Å². The molecule has 1 unspecified atom stereocenters. The second-order valence-electron chi connectivity index (χ2n) is 5.95. The Hall–Kier alpha value is -1.26. The molecule has 1 amide bonds. The van der Waals surface area contributed by atoms with Crippen LogP contribution in [0.3, 0.4) is 0 Å². The zero-order chi connectivity index (χ0) is 14.3. The molecule has 5 nitrogen and oxygen atoms in total. The van der Waals surface area contributed by atoms with Gasteiger partial charge in [0.15, 0.2) is 0 Å². The highest BCUT2D eigenvalue weighted by Crippen LogP contribution is 2.19. The number of aliphatic carboxylic acids is 1. The molecule has 2 N–H and O–H groups in total. The summed E-state index contributed by atoms with van der Waals surface area (Å²) in [6.45, 7) is 9.78. The quantitative estimate of drug-likeness (QED) is 0.719. The Morgan fingerprint density at radius 2 is 1.83 bits per heavy atom. The standard InChI is InChI=1S/C13H25NO4/c1-9(2)7-6-8-18-12(17)14-10(11(15)16)13(3,4)5/h9-10H,6-8H2,1-5H3,(H,14,17)(H,15,16). The van der Waals surface area contributed by atoms with Crippen molar-refractivity contribution in [2.45, 2.75) is 53.5 Å². The predicted octanol–water partition coefficient (Wildman–Crippen LogP) is 2.65. The minimum atomic E-state index is -1.05. The summed E-state index contributed by atoms with van der Waals surface area (Å²) in [5.41, 5.74) is -0.553. The summed E-state index contributed by atoms with van der Waals surface area (Å²) in [4.78, 5) is 22.5. The van der Waals surface area contributed by atoms with E-state index in [1.807, 2.05) is 0 Å². The average molecular weight is 259 g/mol. The number of nitrogens with one attached hydrogen (secondary N) is 1. The second kappa shape index (κ2) is 7.24. The lowest BCUT2D eigenvalue weighted by molar-refractivity contribution is -0.142. The average Bonchev–Trinajstić information content (AvgIpc) is 2.18. The van der Waals surface area contributed by atoms with Crippen molar-refractivity contribution in [3.63, 3.8) is 0 Å². The Morgan fingerprint density at radius 3 is 2.22 bits per heavy atom. The van der Waals surface area contributed by atoms with E-state index in [0.29, 0.717) is 12.5 Å². The van der Waals surface area contributed by atoms with Gasteiger partial charge in [-0.1, -0.05) is 34.6 Å². The molecule has 0 saturated heterocycles. The van der Waals surface area contributed by atoms with Gasteiger partial charge in [-0.15, -0.1) is 0 Å². The molecule has 0 aromatic carbocycles. The fourth-order valence-electron chi connectivity index (χ4n) is 1.46. The van der Waals surface area contributed by atoms with Crippen LogP contribution in [0.2, 0.25) is 0 Å². The number of ether oxygens (including phenoxy) is 1. The van der Waals surface area contributed by atoms with Crippen LogP contribution in [0.5, 0.6) is 0 Å². The van der Waals surface area contributed by atoms with Crippen molar-refractivity contribution in [2.75, 3.05) is 6.61 Å². The molecule has 0 bridgehead atoms. The summed E-state index contributed by atoms with van der Waals surface area (Å²) in [6.07, 6.45) is 1.11. The number of alkyl carbamates (subject to hydrolysis) is 1. The van der Waals surface area contributed by atoms with Crippen molar-refractivity contribution in [3.05, 3.63) is 0 Å². The Kier molecular flexibility index (Phi) is 6.73. The van der Waals surface area contributed by atoms with E-state index in [-0.39, 0.29) is 0 Å². The molecular formula is C13H25NO4. The van der Waals surface area contributed by atoms with Gasteiger partial charge in [-0.25, -0.2) is 9.59 Å². The summed E-state index contributed by atoms with van der Waals surface area (Å²) in [5.74, 6) is -0.486. The number of rotatable bonds is 6. The summed E-state index contributed by atoms with van der Waals surface area (Å²) in [7, 11) is 0. The van der Waals surface area contributed by atoms with E-state index < -0.39 is 23.5 Å². The number of hydrogen-bond acceptors (Lipinski definition) is 3. The first-order valence-corrected chi connectivity index (χ1v) is 6.30. The third-order valence-corrected chi connectivity index (χ3v) is 2.53. The van der Waals surface area contributed by atoms with Gasteiger partial charge in [-0.3, -0.25) is 0 Å². The Morgan fingerprint density at radius 1 is 1.28 bits per heavy atom. The van der Waals surface area contributed by atoms with E-state index in [9.17, 15) is 9.59 Å². The molecule has 0 aliphatic heterocycles. The molecule has 0 radical (unpaired) electrons. The van der Waals surface area contributed by atoms with Gasteiger partial charge in [-0.2, -0.15) is 0 Å². The Balaban J connectivity index is 4.09. The minimum absolute atomic E-state index is 0.320. The molecule has 1 atom stereocenters. The van der Waals surface area contributed by atoms with Crippen molar-refractivity contribution in [2.24, 2.45) is 11.3 Å². The molecular weight excluding hydrogens is 234 g/mol. The zero-order valence-corrected chi connectivity index (χ0v) is 11.9. The maximum Gasteiger partial charge on any atom is 0.407 e. The molecule has 0 aromatic rings. The molecule has 0 aliphatic carbocycles. The van der Waals surface area contributed by atoms with Crippen LogP contribution >= 0.6 is 0 Å². The highest BCUT2D eigenvalue weighted by Gasteiger charge is 2.32. The smallest absolute Gasteiger partial charge is 0.407 e. The van der Waals surface area contributed by atoms with Gasteiger partial charge in [0.2, 0.25) is 0 Å². The van der Waals surface area contributed by atoms with Crippen LogP contribution in [0.25, 0.3) is 0 Å². The maximum absolute atomic E-state index is 11.5. The summed E-state index contributed by atoms with van der Waals surface area (Å²) in [5, 5.41) is 11.4. The van der Waals surface area contributed by atoms with Gasteiger partial charge >= 0.3 is 12.1 Å². The van der Waals surface area contributed by atoms with Gasteiger partial charge in [0, 0.05) is 0 Å². The van der Waals surface area contributed by atoms with Crippen molar-refractivity contribution < 1.29 is 19.4 Å². The third kappa shape index (κ3) is 7.14. The SMILES string of the molecule is CC(C)CCCOC(=O)NC(C(=O)O)C(C)(C)C. The lowest BCUT2D eigenvalue weighted by atomic mass is 9.87. The van der Waals surface area contributed by atoms with E-state index >= 15 is 0 Å². The topological polar surface area (TPSA) is 75.6 Å². The van der Waals surface area contributed by atoms with E-state index in [0.717, 1.165) is 12.8 Å². The zero-order valence-electron chi connectivity index (χ0n) is 11.9. The van der Waals surface area contributed by atoms with E-state index in [1.165, 1.54) is 0 Å². The normalized spacial score (nSPS) is 13.2. The van der Waals surface area contributed by atoms with Crippen molar-refractivity contribution in [1.29, 1.82) is 0 Å². The molecule has 0 fully saturated rings. The number of hydrogen-bond donors (Lipinski definition) is 2. The van der Waals surface area contributed by atoms with Crippen LogP contribution in [0.4, 0.5) is 4.79 Å². The van der Waals surface area contributed by atoms with E-state index in [1.54, 1.807) is 20.8 Å². The summed E-state index contributed by atoms with van der Waals surface area (Å²) < 4.78 is 4.95. The number of carboxylic acids is 1. The van der Waals surface area contributed by atoms with Gasteiger partial charge in [0.1, 0.15) is 6.04 Å². The lowest BCUT2D eigenvalue weighted by Gasteiger charge is -2.27. The first-order chi connectivity index (χ1) is 8.14. The number of carboxylic acid groups (broad SMARTS) is 1. The van der Waals surface area contributed by atoms with Crippen molar-refractivity contribution in [1.82, 2.24) is 5.32 Å². The molecule has 18 heavy (non-hydrogen) atoms. The number of carbonyl (C=O) groups is 2. The highest BCUT2D eigenvalue weighted by molar-refractivity contribution is 5.80. The third-order valence-electron chi connectivity index (χ3n) is 2.53. The molecule has 0 saturated carbocycles. The minimum Gasteiger partial charge on any atom is -0.480 e. The van der Waals surface area contributed by atoms with Crippen LogP contribution in [-0.2, 0) is 9.53 Å². The molecule has 106 valence electrons. The van der Waals surface area contributed by atoms with Gasteiger partial charge in [0.05, 0.1) is 6.61 Å². The monoisotopic (exact) mass is 259 g/mol. The fourth-order valence-corrected chi connectivity index (χ4v) is 1.46. The molecule has 0 heterocycles. The molecule has 0 aromatic heterocycles. The van der Waals surface area contributed by atoms with Gasteiger partial charge < -0.3 is 15.2 Å². The van der Waals surface area contributed by atoms with Crippen molar-refractivity contribution >= 4 is 12.1 Å².